The van der Waals surface area contributed by atoms with Crippen LogP contribution >= 0.6 is 0 Å². The molecule has 20 heavy (non-hydrogen) atoms. The van der Waals surface area contributed by atoms with Crippen LogP contribution in [0.2, 0.25) is 0 Å². The maximum absolute atomic E-state index is 5.41. The van der Waals surface area contributed by atoms with Crippen molar-refractivity contribution in [2.45, 2.75) is 19.8 Å². The second kappa shape index (κ2) is 5.67. The van der Waals surface area contributed by atoms with E-state index in [-0.39, 0.29) is 0 Å². The van der Waals surface area contributed by atoms with Gasteiger partial charge >= 0.3 is 0 Å². The Labute approximate surface area is 120 Å². The monoisotopic (exact) mass is 271 g/mol. The van der Waals surface area contributed by atoms with Gasteiger partial charge in [-0.3, -0.25) is 0 Å². The van der Waals surface area contributed by atoms with Crippen molar-refractivity contribution in [1.82, 2.24) is 9.78 Å². The maximum Gasteiger partial charge on any atom is 0.0666 e. The highest BCUT2D eigenvalue weighted by Gasteiger charge is 2.12. The van der Waals surface area contributed by atoms with Gasteiger partial charge in [-0.25, -0.2) is 4.68 Å². The van der Waals surface area contributed by atoms with Crippen molar-refractivity contribution in [2.75, 3.05) is 31.2 Å². The number of rotatable bonds is 3. The second-order valence-electron chi connectivity index (χ2n) is 5.49. The molecular weight excluding hydrogens is 250 g/mol. The SMILES string of the molecule is CC(C)c1cnn(-c2cccc(N3CCOCC3)c2)c1. The number of anilines is 1. The molecule has 0 aliphatic carbocycles. The first kappa shape index (κ1) is 13.2. The Morgan fingerprint density at radius 3 is 2.60 bits per heavy atom. The lowest BCUT2D eigenvalue weighted by molar-refractivity contribution is 0.122. The van der Waals surface area contributed by atoms with E-state index < -0.39 is 0 Å². The molecular formula is C16H21N3O. The van der Waals surface area contributed by atoms with Crippen LogP contribution in [-0.2, 0) is 4.74 Å². The number of hydrogen-bond donors (Lipinski definition) is 0. The van der Waals surface area contributed by atoms with Crippen LogP contribution in [-0.4, -0.2) is 36.1 Å². The third-order valence-corrected chi connectivity index (χ3v) is 3.74. The van der Waals surface area contributed by atoms with E-state index in [2.05, 4.69) is 54.3 Å². The summed E-state index contributed by atoms with van der Waals surface area (Å²) in [6.45, 7) is 7.91. The minimum absolute atomic E-state index is 0.506. The molecule has 1 aliphatic heterocycles. The van der Waals surface area contributed by atoms with E-state index in [1.165, 1.54) is 11.3 Å². The van der Waals surface area contributed by atoms with Crippen molar-refractivity contribution in [1.29, 1.82) is 0 Å². The molecule has 3 rings (SSSR count). The van der Waals surface area contributed by atoms with Crippen LogP contribution in [0, 0.1) is 0 Å². The maximum atomic E-state index is 5.41. The lowest BCUT2D eigenvalue weighted by Gasteiger charge is -2.29. The summed E-state index contributed by atoms with van der Waals surface area (Å²) in [6, 6.07) is 8.54. The number of nitrogens with zero attached hydrogens (tertiary/aromatic N) is 3. The Hall–Kier alpha value is -1.81. The van der Waals surface area contributed by atoms with Crippen LogP contribution in [0.3, 0.4) is 0 Å². The van der Waals surface area contributed by atoms with Crippen molar-refractivity contribution in [3.05, 3.63) is 42.2 Å². The van der Waals surface area contributed by atoms with Crippen LogP contribution < -0.4 is 4.90 Å². The van der Waals surface area contributed by atoms with Crippen LogP contribution in [0.5, 0.6) is 0 Å². The molecule has 1 aliphatic rings. The summed E-state index contributed by atoms with van der Waals surface area (Å²) >= 11 is 0. The third-order valence-electron chi connectivity index (χ3n) is 3.74. The normalized spacial score (nSPS) is 15.8. The highest BCUT2D eigenvalue weighted by molar-refractivity contribution is 5.53. The first-order valence-corrected chi connectivity index (χ1v) is 7.22. The highest BCUT2D eigenvalue weighted by atomic mass is 16.5. The van der Waals surface area contributed by atoms with E-state index in [1.54, 1.807) is 0 Å². The van der Waals surface area contributed by atoms with Crippen LogP contribution in [0.4, 0.5) is 5.69 Å². The molecule has 1 aromatic carbocycles. The zero-order valence-corrected chi connectivity index (χ0v) is 12.1. The zero-order chi connectivity index (χ0) is 13.9. The van der Waals surface area contributed by atoms with Gasteiger partial charge in [-0.05, 0) is 29.7 Å². The number of aromatic nitrogens is 2. The topological polar surface area (TPSA) is 30.3 Å². The molecule has 0 atom stereocenters. The molecule has 0 radical (unpaired) electrons. The first-order valence-electron chi connectivity index (χ1n) is 7.22. The molecule has 2 heterocycles. The van der Waals surface area contributed by atoms with Gasteiger partial charge in [-0.2, -0.15) is 5.10 Å². The summed E-state index contributed by atoms with van der Waals surface area (Å²) < 4.78 is 7.36. The van der Waals surface area contributed by atoms with E-state index in [0.717, 1.165) is 32.0 Å². The molecule has 4 heteroatoms. The third kappa shape index (κ3) is 2.70. The number of hydrogen-bond acceptors (Lipinski definition) is 3. The molecule has 1 fully saturated rings. The van der Waals surface area contributed by atoms with Crippen LogP contribution in [0.15, 0.2) is 36.7 Å². The fourth-order valence-corrected chi connectivity index (χ4v) is 2.43. The summed E-state index contributed by atoms with van der Waals surface area (Å²) in [5.41, 5.74) is 3.62. The van der Waals surface area contributed by atoms with Gasteiger partial charge in [0, 0.05) is 25.0 Å². The Kier molecular flexibility index (Phi) is 3.74. The Bertz CT molecular complexity index is 571. The van der Waals surface area contributed by atoms with Crippen molar-refractivity contribution in [2.24, 2.45) is 0 Å². The lowest BCUT2D eigenvalue weighted by Crippen LogP contribution is -2.36. The van der Waals surface area contributed by atoms with Gasteiger partial charge in [0.2, 0.25) is 0 Å². The van der Waals surface area contributed by atoms with Gasteiger partial charge in [0.05, 0.1) is 25.1 Å². The summed E-state index contributed by atoms with van der Waals surface area (Å²) in [5.74, 6) is 0.506. The molecule has 1 saturated heterocycles. The molecule has 0 spiro atoms. The van der Waals surface area contributed by atoms with Crippen molar-refractivity contribution in [3.63, 3.8) is 0 Å². The highest BCUT2D eigenvalue weighted by Crippen LogP contribution is 2.21. The predicted octanol–water partition coefficient (Wildman–Crippen LogP) is 2.83. The minimum atomic E-state index is 0.506. The molecule has 0 bridgehead atoms. The average Bonchev–Trinajstić information content (AvgIpc) is 2.98. The van der Waals surface area contributed by atoms with E-state index in [0.29, 0.717) is 5.92 Å². The van der Waals surface area contributed by atoms with Crippen molar-refractivity contribution >= 4 is 5.69 Å². The summed E-state index contributed by atoms with van der Waals surface area (Å²) in [5, 5.41) is 4.47. The predicted molar refractivity (Wildman–Crippen MR) is 80.7 cm³/mol. The molecule has 106 valence electrons. The van der Waals surface area contributed by atoms with Crippen LogP contribution in [0.25, 0.3) is 5.69 Å². The molecule has 4 nitrogen and oxygen atoms in total. The standard InChI is InChI=1S/C16H21N3O/c1-13(2)14-11-17-19(12-14)16-5-3-4-15(10-16)18-6-8-20-9-7-18/h3-5,10-13H,6-9H2,1-2H3. The fourth-order valence-electron chi connectivity index (χ4n) is 2.43. The Balaban J connectivity index is 1.86. The minimum Gasteiger partial charge on any atom is -0.378 e. The van der Waals surface area contributed by atoms with Gasteiger partial charge in [0.25, 0.3) is 0 Å². The van der Waals surface area contributed by atoms with Crippen molar-refractivity contribution in [3.8, 4) is 5.69 Å². The molecule has 1 aromatic heterocycles. The van der Waals surface area contributed by atoms with Crippen molar-refractivity contribution < 1.29 is 4.74 Å². The van der Waals surface area contributed by atoms with Gasteiger partial charge in [-0.1, -0.05) is 19.9 Å². The van der Waals surface area contributed by atoms with E-state index in [9.17, 15) is 0 Å². The quantitative estimate of drug-likeness (QED) is 0.860. The van der Waals surface area contributed by atoms with Gasteiger partial charge in [0.1, 0.15) is 0 Å². The Morgan fingerprint density at radius 1 is 1.15 bits per heavy atom. The number of morpholine rings is 1. The molecule has 0 N–H and O–H groups in total. The van der Waals surface area contributed by atoms with Gasteiger partial charge < -0.3 is 9.64 Å². The average molecular weight is 271 g/mol. The molecule has 0 unspecified atom stereocenters. The van der Waals surface area contributed by atoms with E-state index >= 15 is 0 Å². The van der Waals surface area contributed by atoms with Gasteiger partial charge in [0.15, 0.2) is 0 Å². The van der Waals surface area contributed by atoms with E-state index in [4.69, 9.17) is 4.74 Å². The zero-order valence-electron chi connectivity index (χ0n) is 12.1. The van der Waals surface area contributed by atoms with Crippen LogP contribution in [0.1, 0.15) is 25.3 Å². The van der Waals surface area contributed by atoms with Gasteiger partial charge in [-0.15, -0.1) is 0 Å². The summed E-state index contributed by atoms with van der Waals surface area (Å²) in [4.78, 5) is 2.36. The molecule has 0 amide bonds. The fraction of sp³-hybridized carbons (Fsp3) is 0.438. The number of ether oxygens (including phenoxy) is 1. The summed E-state index contributed by atoms with van der Waals surface area (Å²) in [7, 11) is 0. The largest absolute Gasteiger partial charge is 0.378 e. The first-order chi connectivity index (χ1) is 9.74. The Morgan fingerprint density at radius 2 is 1.90 bits per heavy atom. The number of benzene rings is 1. The smallest absolute Gasteiger partial charge is 0.0666 e. The second-order valence-corrected chi connectivity index (χ2v) is 5.49. The van der Waals surface area contributed by atoms with E-state index in [1.807, 2.05) is 10.9 Å². The summed E-state index contributed by atoms with van der Waals surface area (Å²) in [6.07, 6.45) is 4.06. The molecule has 2 aromatic rings. The lowest BCUT2D eigenvalue weighted by atomic mass is 10.1. The molecule has 0 saturated carbocycles.